The number of hydrogen-bond acceptors (Lipinski definition) is 1. The molecule has 0 aliphatic rings. The fraction of sp³-hybridized carbons (Fsp3) is 0.600. The van der Waals surface area contributed by atoms with Crippen LogP contribution in [0.25, 0.3) is 0 Å². The minimum Gasteiger partial charge on any atom is -0.127 e. The fourth-order valence-corrected chi connectivity index (χ4v) is 2.73. The van der Waals surface area contributed by atoms with Gasteiger partial charge in [-0.05, 0) is 24.0 Å². The highest BCUT2D eigenvalue weighted by atomic mass is 35.5. The lowest BCUT2D eigenvalue weighted by molar-refractivity contribution is 0.409. The lowest BCUT2D eigenvalue weighted by Crippen LogP contribution is -2.09. The quantitative estimate of drug-likeness (QED) is 0.651. The molecule has 1 aromatic heterocycles. The van der Waals surface area contributed by atoms with E-state index in [1.54, 1.807) is 11.3 Å². The molecule has 0 amide bonds. The number of rotatable bonds is 3. The van der Waals surface area contributed by atoms with Crippen LogP contribution in [0.3, 0.4) is 0 Å². The van der Waals surface area contributed by atoms with Crippen molar-refractivity contribution >= 4 is 34.5 Å². The Morgan fingerprint density at radius 3 is 2.23 bits per heavy atom. The maximum absolute atomic E-state index is 6.32. The summed E-state index contributed by atoms with van der Waals surface area (Å²) < 4.78 is 0.816. The number of thiophene rings is 1. The highest BCUT2D eigenvalue weighted by Crippen LogP contribution is 2.38. The maximum atomic E-state index is 6.32. The third kappa shape index (κ3) is 2.87. The summed E-state index contributed by atoms with van der Waals surface area (Å²) in [5.74, 6) is 1.08. The van der Waals surface area contributed by atoms with Gasteiger partial charge in [-0.15, -0.1) is 22.9 Å². The molecular formula is C10H14Cl2S. The molecule has 74 valence electrons. The molecule has 0 saturated carbocycles. The number of hydrogen-bond donors (Lipinski definition) is 0. The van der Waals surface area contributed by atoms with Crippen molar-refractivity contribution in [3.63, 3.8) is 0 Å². The molecular weight excluding hydrogens is 223 g/mol. The minimum absolute atomic E-state index is 0.0949. The first-order chi connectivity index (χ1) is 6.02. The highest BCUT2D eigenvalue weighted by Gasteiger charge is 2.20. The predicted octanol–water partition coefficient (Wildman–Crippen LogP) is 4.97. The average molecular weight is 237 g/mol. The Bertz CT molecular complexity index is 268. The molecule has 1 rings (SSSR count). The molecule has 0 radical (unpaired) electrons. The van der Waals surface area contributed by atoms with Crippen LogP contribution in [-0.2, 0) is 0 Å². The van der Waals surface area contributed by atoms with Gasteiger partial charge in [0.15, 0.2) is 0 Å². The van der Waals surface area contributed by atoms with E-state index in [0.29, 0.717) is 11.8 Å². The third-order valence-electron chi connectivity index (χ3n) is 2.38. The Hall–Kier alpha value is 0.280. The van der Waals surface area contributed by atoms with E-state index in [1.165, 1.54) is 4.88 Å². The topological polar surface area (TPSA) is 0 Å². The van der Waals surface area contributed by atoms with Gasteiger partial charge in [0.05, 0.1) is 9.71 Å². The van der Waals surface area contributed by atoms with Gasteiger partial charge in [0.25, 0.3) is 0 Å². The molecule has 2 atom stereocenters. The van der Waals surface area contributed by atoms with Gasteiger partial charge in [-0.2, -0.15) is 0 Å². The average Bonchev–Trinajstić information content (AvgIpc) is 2.49. The summed E-state index contributed by atoms with van der Waals surface area (Å²) in [4.78, 5) is 1.17. The predicted molar refractivity (Wildman–Crippen MR) is 61.9 cm³/mol. The van der Waals surface area contributed by atoms with Gasteiger partial charge < -0.3 is 0 Å². The molecule has 0 spiro atoms. The van der Waals surface area contributed by atoms with E-state index >= 15 is 0 Å². The summed E-state index contributed by atoms with van der Waals surface area (Å²) in [6, 6.07) is 3.92. The van der Waals surface area contributed by atoms with Crippen LogP contribution in [0.5, 0.6) is 0 Å². The summed E-state index contributed by atoms with van der Waals surface area (Å²) in [5, 5.41) is 0.0949. The third-order valence-corrected chi connectivity index (χ3v) is 4.46. The Labute approximate surface area is 93.9 Å². The molecule has 0 bridgehead atoms. The molecule has 0 aromatic carbocycles. The van der Waals surface area contributed by atoms with Crippen LogP contribution in [0.1, 0.15) is 31.0 Å². The second-order valence-corrected chi connectivity index (χ2v) is 5.86. The SMILES string of the molecule is CC(C)C(C)C(Cl)c1ccc(Cl)s1. The summed E-state index contributed by atoms with van der Waals surface area (Å²) in [7, 11) is 0. The monoisotopic (exact) mass is 236 g/mol. The summed E-state index contributed by atoms with van der Waals surface area (Å²) in [5.41, 5.74) is 0. The maximum Gasteiger partial charge on any atom is 0.0931 e. The largest absolute Gasteiger partial charge is 0.127 e. The van der Waals surface area contributed by atoms with Gasteiger partial charge in [-0.3, -0.25) is 0 Å². The van der Waals surface area contributed by atoms with Crippen molar-refractivity contribution in [2.45, 2.75) is 26.1 Å². The van der Waals surface area contributed by atoms with Crippen molar-refractivity contribution in [1.29, 1.82) is 0 Å². The van der Waals surface area contributed by atoms with E-state index in [9.17, 15) is 0 Å². The van der Waals surface area contributed by atoms with Gasteiger partial charge >= 0.3 is 0 Å². The summed E-state index contributed by atoms with van der Waals surface area (Å²) in [6.45, 7) is 6.56. The molecule has 1 aromatic rings. The zero-order chi connectivity index (χ0) is 10.0. The van der Waals surface area contributed by atoms with E-state index < -0.39 is 0 Å². The molecule has 0 saturated heterocycles. The number of halogens is 2. The summed E-state index contributed by atoms with van der Waals surface area (Å²) in [6.07, 6.45) is 0. The molecule has 1 heterocycles. The van der Waals surface area contributed by atoms with Crippen LogP contribution >= 0.6 is 34.5 Å². The molecule has 2 unspecified atom stereocenters. The molecule has 0 aliphatic carbocycles. The lowest BCUT2D eigenvalue weighted by Gasteiger charge is -2.20. The van der Waals surface area contributed by atoms with Crippen molar-refractivity contribution in [3.8, 4) is 0 Å². The zero-order valence-corrected chi connectivity index (χ0v) is 10.4. The van der Waals surface area contributed by atoms with Crippen molar-refractivity contribution in [2.75, 3.05) is 0 Å². The van der Waals surface area contributed by atoms with Crippen LogP contribution < -0.4 is 0 Å². The van der Waals surface area contributed by atoms with Crippen molar-refractivity contribution in [1.82, 2.24) is 0 Å². The van der Waals surface area contributed by atoms with Crippen LogP contribution in [-0.4, -0.2) is 0 Å². The molecule has 0 fully saturated rings. The van der Waals surface area contributed by atoms with Gasteiger partial charge in [-0.25, -0.2) is 0 Å². The van der Waals surface area contributed by atoms with E-state index in [4.69, 9.17) is 23.2 Å². The molecule has 3 heteroatoms. The van der Waals surface area contributed by atoms with Crippen LogP contribution in [0, 0.1) is 11.8 Å². The second kappa shape index (κ2) is 4.68. The van der Waals surface area contributed by atoms with Crippen molar-refractivity contribution in [3.05, 3.63) is 21.3 Å². The second-order valence-electron chi connectivity index (χ2n) is 3.65. The van der Waals surface area contributed by atoms with Crippen molar-refractivity contribution in [2.24, 2.45) is 11.8 Å². The smallest absolute Gasteiger partial charge is 0.0931 e. The first-order valence-electron chi connectivity index (χ1n) is 4.41. The van der Waals surface area contributed by atoms with E-state index in [1.807, 2.05) is 12.1 Å². The van der Waals surface area contributed by atoms with Gasteiger partial charge in [0, 0.05) is 4.88 Å². The Morgan fingerprint density at radius 2 is 1.85 bits per heavy atom. The molecule has 0 aliphatic heterocycles. The fourth-order valence-electron chi connectivity index (χ4n) is 1.07. The van der Waals surface area contributed by atoms with E-state index in [2.05, 4.69) is 20.8 Å². The first kappa shape index (κ1) is 11.4. The zero-order valence-electron chi connectivity index (χ0n) is 8.05. The number of alkyl halides is 1. The highest BCUT2D eigenvalue weighted by molar-refractivity contribution is 7.16. The molecule has 0 N–H and O–H groups in total. The summed E-state index contributed by atoms with van der Waals surface area (Å²) >= 11 is 13.7. The molecule has 0 nitrogen and oxygen atoms in total. The van der Waals surface area contributed by atoms with Crippen LogP contribution in [0.15, 0.2) is 12.1 Å². The van der Waals surface area contributed by atoms with Gasteiger partial charge in [0.2, 0.25) is 0 Å². The van der Waals surface area contributed by atoms with Gasteiger partial charge in [0.1, 0.15) is 0 Å². The lowest BCUT2D eigenvalue weighted by atomic mass is 9.94. The standard InChI is InChI=1S/C10H14Cl2S/c1-6(2)7(3)10(12)8-4-5-9(11)13-8/h4-7,10H,1-3H3. The van der Waals surface area contributed by atoms with E-state index in [0.717, 1.165) is 4.34 Å². The van der Waals surface area contributed by atoms with Crippen LogP contribution in [0.4, 0.5) is 0 Å². The van der Waals surface area contributed by atoms with Crippen LogP contribution in [0.2, 0.25) is 4.34 Å². The normalized spacial score (nSPS) is 16.2. The molecule has 13 heavy (non-hydrogen) atoms. The minimum atomic E-state index is 0.0949. The van der Waals surface area contributed by atoms with E-state index in [-0.39, 0.29) is 5.38 Å². The van der Waals surface area contributed by atoms with Crippen molar-refractivity contribution < 1.29 is 0 Å². The first-order valence-corrected chi connectivity index (χ1v) is 6.04. The Kier molecular flexibility index (Phi) is 4.08. The Morgan fingerprint density at radius 1 is 1.23 bits per heavy atom. The Balaban J connectivity index is 2.73. The van der Waals surface area contributed by atoms with Gasteiger partial charge in [-0.1, -0.05) is 32.4 Å².